The largest absolute Gasteiger partial charge is 0.492 e. The van der Waals surface area contributed by atoms with Gasteiger partial charge in [-0.2, -0.15) is 5.26 Å². The molecule has 1 aliphatic rings. The van der Waals surface area contributed by atoms with E-state index in [0.717, 1.165) is 62.6 Å². The van der Waals surface area contributed by atoms with Gasteiger partial charge in [-0.3, -0.25) is 4.90 Å². The van der Waals surface area contributed by atoms with E-state index in [1.807, 2.05) is 84.9 Å². The fourth-order valence-electron chi connectivity index (χ4n) is 6.72. The molecule has 1 saturated heterocycles. The van der Waals surface area contributed by atoms with Crippen LogP contribution in [0.1, 0.15) is 47.9 Å². The molecular formula is C44H43N3O3. The minimum atomic E-state index is 0.457. The van der Waals surface area contributed by atoms with Gasteiger partial charge < -0.3 is 18.8 Å². The van der Waals surface area contributed by atoms with Gasteiger partial charge in [0.1, 0.15) is 43.1 Å². The Hall–Kier alpha value is -5.51. The molecule has 1 aromatic heterocycles. The highest BCUT2D eigenvalue weighted by Gasteiger charge is 2.20. The summed E-state index contributed by atoms with van der Waals surface area (Å²) in [5.41, 5.74) is 6.75. The SMILES string of the molecule is N#Cc1c(-c2ccc(OCc3ccccc3)cc2)n(Cc2ccc(OCCN3CCCCCC3)cc2)c2ccc(OCc3ccccc3)cc12. The number of hydrogen-bond acceptors (Lipinski definition) is 5. The van der Waals surface area contributed by atoms with E-state index in [2.05, 4.69) is 58.0 Å². The van der Waals surface area contributed by atoms with Crippen LogP contribution in [0.5, 0.6) is 17.2 Å². The minimum absolute atomic E-state index is 0.457. The van der Waals surface area contributed by atoms with Crippen molar-refractivity contribution in [2.24, 2.45) is 0 Å². The van der Waals surface area contributed by atoms with E-state index in [1.54, 1.807) is 0 Å². The smallest absolute Gasteiger partial charge is 0.120 e. The highest BCUT2D eigenvalue weighted by molar-refractivity contribution is 5.95. The Labute approximate surface area is 295 Å². The summed E-state index contributed by atoms with van der Waals surface area (Å²) in [6.45, 7) is 5.54. The second-order valence-corrected chi connectivity index (χ2v) is 12.9. The maximum absolute atomic E-state index is 10.6. The monoisotopic (exact) mass is 661 g/mol. The van der Waals surface area contributed by atoms with Crippen LogP contribution in [0.15, 0.2) is 127 Å². The third-order valence-corrected chi connectivity index (χ3v) is 9.41. The van der Waals surface area contributed by atoms with Crippen molar-refractivity contribution in [2.75, 3.05) is 26.2 Å². The Balaban J connectivity index is 1.14. The molecule has 6 heteroatoms. The number of aromatic nitrogens is 1. The predicted molar refractivity (Wildman–Crippen MR) is 200 cm³/mol. The summed E-state index contributed by atoms with van der Waals surface area (Å²) in [6.07, 6.45) is 5.24. The Kier molecular flexibility index (Phi) is 10.7. The molecule has 0 bridgehead atoms. The lowest BCUT2D eigenvalue weighted by atomic mass is 10.1. The normalized spacial score (nSPS) is 13.4. The van der Waals surface area contributed by atoms with E-state index in [4.69, 9.17) is 14.2 Å². The quantitative estimate of drug-likeness (QED) is 0.123. The molecule has 6 nitrogen and oxygen atoms in total. The van der Waals surface area contributed by atoms with Crippen LogP contribution in [0.4, 0.5) is 0 Å². The molecule has 50 heavy (non-hydrogen) atoms. The van der Waals surface area contributed by atoms with Gasteiger partial charge in [-0.05, 0) is 103 Å². The van der Waals surface area contributed by atoms with Crippen LogP contribution in [-0.2, 0) is 19.8 Å². The molecule has 1 fully saturated rings. The average Bonchev–Trinajstić information content (AvgIpc) is 3.27. The lowest BCUT2D eigenvalue weighted by Gasteiger charge is -2.19. The van der Waals surface area contributed by atoms with Gasteiger partial charge >= 0.3 is 0 Å². The van der Waals surface area contributed by atoms with Crippen molar-refractivity contribution in [3.8, 4) is 34.6 Å². The van der Waals surface area contributed by atoms with Crippen LogP contribution in [0.2, 0.25) is 0 Å². The fraction of sp³-hybridized carbons (Fsp3) is 0.250. The van der Waals surface area contributed by atoms with E-state index < -0.39 is 0 Å². The minimum Gasteiger partial charge on any atom is -0.492 e. The summed E-state index contributed by atoms with van der Waals surface area (Å²) in [4.78, 5) is 2.52. The summed E-state index contributed by atoms with van der Waals surface area (Å²) >= 11 is 0. The Morgan fingerprint density at radius 2 is 1.16 bits per heavy atom. The van der Waals surface area contributed by atoms with Gasteiger partial charge in [0, 0.05) is 18.5 Å². The number of hydrogen-bond donors (Lipinski definition) is 0. The van der Waals surface area contributed by atoms with Crippen molar-refractivity contribution in [1.29, 1.82) is 5.26 Å². The van der Waals surface area contributed by atoms with Crippen LogP contribution < -0.4 is 14.2 Å². The van der Waals surface area contributed by atoms with Crippen LogP contribution in [0, 0.1) is 11.3 Å². The Bertz CT molecular complexity index is 2010. The predicted octanol–water partition coefficient (Wildman–Crippen LogP) is 9.64. The Morgan fingerprint density at radius 1 is 0.580 bits per heavy atom. The summed E-state index contributed by atoms with van der Waals surface area (Å²) in [7, 11) is 0. The van der Waals surface area contributed by atoms with Crippen molar-refractivity contribution < 1.29 is 14.2 Å². The third-order valence-electron chi connectivity index (χ3n) is 9.41. The van der Waals surface area contributed by atoms with Crippen molar-refractivity contribution >= 4 is 10.9 Å². The molecule has 0 spiro atoms. The molecule has 0 radical (unpaired) electrons. The Morgan fingerprint density at radius 3 is 1.80 bits per heavy atom. The maximum atomic E-state index is 10.6. The third kappa shape index (κ3) is 8.19. The molecule has 0 amide bonds. The first kappa shape index (κ1) is 33.0. The van der Waals surface area contributed by atoms with Crippen molar-refractivity contribution in [2.45, 2.75) is 45.4 Å². The average molecular weight is 662 g/mol. The molecule has 0 aliphatic carbocycles. The van der Waals surface area contributed by atoms with E-state index in [1.165, 1.54) is 38.8 Å². The highest BCUT2D eigenvalue weighted by atomic mass is 16.5. The molecule has 2 heterocycles. The van der Waals surface area contributed by atoms with E-state index >= 15 is 0 Å². The van der Waals surface area contributed by atoms with Gasteiger partial charge in [-0.1, -0.05) is 85.6 Å². The van der Waals surface area contributed by atoms with Gasteiger partial charge in [0.2, 0.25) is 0 Å². The molecule has 6 aromatic rings. The van der Waals surface area contributed by atoms with Crippen molar-refractivity contribution in [1.82, 2.24) is 9.47 Å². The van der Waals surface area contributed by atoms with Crippen LogP contribution in [-0.4, -0.2) is 35.7 Å². The van der Waals surface area contributed by atoms with E-state index in [-0.39, 0.29) is 0 Å². The summed E-state index contributed by atoms with van der Waals surface area (Å²) in [5, 5.41) is 11.5. The molecule has 5 aromatic carbocycles. The van der Waals surface area contributed by atoms with E-state index in [0.29, 0.717) is 31.9 Å². The second kappa shape index (κ2) is 16.3. The molecule has 1 aliphatic heterocycles. The lowest BCUT2D eigenvalue weighted by molar-refractivity contribution is 0.214. The van der Waals surface area contributed by atoms with Crippen LogP contribution >= 0.6 is 0 Å². The molecule has 7 rings (SSSR count). The molecule has 252 valence electrons. The number of likely N-dealkylation sites (tertiary alicyclic amines) is 1. The molecule has 0 N–H and O–H groups in total. The molecule has 0 unspecified atom stereocenters. The number of nitriles is 1. The van der Waals surface area contributed by atoms with Gasteiger partial charge in [-0.15, -0.1) is 0 Å². The first-order valence-electron chi connectivity index (χ1n) is 17.7. The van der Waals surface area contributed by atoms with Crippen molar-refractivity contribution in [3.63, 3.8) is 0 Å². The number of fused-ring (bicyclic) bond motifs is 1. The number of rotatable bonds is 13. The first-order chi connectivity index (χ1) is 24.7. The van der Waals surface area contributed by atoms with Crippen molar-refractivity contribution in [3.05, 3.63) is 150 Å². The molecule has 0 saturated carbocycles. The second-order valence-electron chi connectivity index (χ2n) is 12.9. The zero-order chi connectivity index (χ0) is 34.0. The lowest BCUT2D eigenvalue weighted by Crippen LogP contribution is -2.29. The number of ether oxygens (including phenoxy) is 3. The topological polar surface area (TPSA) is 59.6 Å². The van der Waals surface area contributed by atoms with Gasteiger partial charge in [0.25, 0.3) is 0 Å². The zero-order valence-corrected chi connectivity index (χ0v) is 28.5. The van der Waals surface area contributed by atoms with Crippen LogP contribution in [0.3, 0.4) is 0 Å². The van der Waals surface area contributed by atoms with Gasteiger partial charge in [-0.25, -0.2) is 0 Å². The van der Waals surface area contributed by atoms with Gasteiger partial charge in [0.15, 0.2) is 0 Å². The summed E-state index contributed by atoms with van der Waals surface area (Å²) < 4.78 is 20.7. The standard InChI is InChI=1S/C44H43N3O3/c45-30-42-41-29-40(50-33-36-13-7-4-8-14-36)23-24-43(41)47(44(42)37-17-21-39(22-18-37)49-32-35-11-5-3-6-12-35)31-34-15-19-38(20-16-34)48-28-27-46-25-9-1-2-10-26-46/h3-8,11-24,29H,1-2,9-10,25-28,31-33H2. The summed E-state index contributed by atoms with van der Waals surface area (Å²) in [5.74, 6) is 2.39. The highest BCUT2D eigenvalue weighted by Crippen LogP contribution is 2.37. The molecule has 0 atom stereocenters. The first-order valence-corrected chi connectivity index (χ1v) is 17.7. The molecular weight excluding hydrogens is 619 g/mol. The maximum Gasteiger partial charge on any atom is 0.120 e. The van der Waals surface area contributed by atoms with Crippen LogP contribution in [0.25, 0.3) is 22.2 Å². The van der Waals surface area contributed by atoms with E-state index in [9.17, 15) is 5.26 Å². The number of benzene rings is 5. The number of nitrogens with zero attached hydrogens (tertiary/aromatic N) is 3. The zero-order valence-electron chi connectivity index (χ0n) is 28.5. The fourth-order valence-corrected chi connectivity index (χ4v) is 6.72. The van der Waals surface area contributed by atoms with Gasteiger partial charge in [0.05, 0.1) is 16.8 Å². The summed E-state index contributed by atoms with van der Waals surface area (Å²) in [6, 6.07) is 45.3.